The number of nitrogens with one attached hydrogen (secondary N) is 1. The van der Waals surface area contributed by atoms with E-state index >= 15 is 0 Å². The van der Waals surface area contributed by atoms with Gasteiger partial charge in [0, 0.05) is 13.2 Å². The van der Waals surface area contributed by atoms with Gasteiger partial charge in [0.25, 0.3) is 11.5 Å². The highest BCUT2D eigenvalue weighted by Crippen LogP contribution is 2.00. The SMILES string of the molecule is CON(C)C(=O)c1cc(C)c[nH]c1=O. The first kappa shape index (κ1) is 10.5. The van der Waals surface area contributed by atoms with E-state index < -0.39 is 11.5 Å². The van der Waals surface area contributed by atoms with Crippen molar-refractivity contribution >= 4 is 5.91 Å². The smallest absolute Gasteiger partial charge is 0.282 e. The van der Waals surface area contributed by atoms with Gasteiger partial charge in [-0.3, -0.25) is 14.4 Å². The number of hydrogen-bond acceptors (Lipinski definition) is 3. The predicted octanol–water partition coefficient (Wildman–Crippen LogP) is 0.317. The molecular weight excluding hydrogens is 184 g/mol. The van der Waals surface area contributed by atoms with Crippen LogP contribution < -0.4 is 5.56 Å². The van der Waals surface area contributed by atoms with E-state index in [9.17, 15) is 9.59 Å². The van der Waals surface area contributed by atoms with Crippen molar-refractivity contribution < 1.29 is 9.63 Å². The minimum absolute atomic E-state index is 0.0781. The maximum Gasteiger partial charge on any atom is 0.282 e. The number of carbonyl (C=O) groups is 1. The average Bonchev–Trinajstić information content (AvgIpc) is 2.19. The maximum absolute atomic E-state index is 11.5. The Morgan fingerprint density at radius 1 is 1.57 bits per heavy atom. The molecule has 0 spiro atoms. The highest BCUT2D eigenvalue weighted by atomic mass is 16.7. The van der Waals surface area contributed by atoms with Gasteiger partial charge in [-0.25, -0.2) is 5.06 Å². The van der Waals surface area contributed by atoms with Gasteiger partial charge in [-0.15, -0.1) is 0 Å². The van der Waals surface area contributed by atoms with E-state index in [0.717, 1.165) is 10.6 Å². The summed E-state index contributed by atoms with van der Waals surface area (Å²) in [5.74, 6) is -0.461. The topological polar surface area (TPSA) is 62.4 Å². The van der Waals surface area contributed by atoms with Crippen molar-refractivity contribution in [1.29, 1.82) is 0 Å². The second-order valence-electron chi connectivity index (χ2n) is 2.91. The quantitative estimate of drug-likeness (QED) is 0.693. The standard InChI is InChI=1S/C9H12N2O3/c1-6-4-7(8(12)10-5-6)9(13)11(2)14-3/h4-5H,1-3H3,(H,10,12). The molecule has 0 atom stereocenters. The minimum Gasteiger partial charge on any atom is -0.328 e. The summed E-state index contributed by atoms with van der Waals surface area (Å²) in [6.45, 7) is 1.79. The number of aromatic amines is 1. The van der Waals surface area contributed by atoms with Crippen LogP contribution in [0.5, 0.6) is 0 Å². The van der Waals surface area contributed by atoms with Gasteiger partial charge in [0.05, 0.1) is 7.11 Å². The normalized spacial score (nSPS) is 9.93. The van der Waals surface area contributed by atoms with E-state index in [4.69, 9.17) is 4.84 Å². The maximum atomic E-state index is 11.5. The molecule has 0 aromatic carbocycles. The number of H-pyrrole nitrogens is 1. The highest BCUT2D eigenvalue weighted by molar-refractivity contribution is 5.93. The molecule has 1 aromatic heterocycles. The Balaban J connectivity index is 3.12. The van der Waals surface area contributed by atoms with Crippen molar-refractivity contribution in [3.63, 3.8) is 0 Å². The molecule has 0 fully saturated rings. The molecule has 0 aliphatic carbocycles. The predicted molar refractivity (Wildman–Crippen MR) is 50.9 cm³/mol. The number of nitrogens with zero attached hydrogens (tertiary/aromatic N) is 1. The summed E-state index contributed by atoms with van der Waals surface area (Å²) in [4.78, 5) is 30.0. The van der Waals surface area contributed by atoms with Crippen molar-refractivity contribution in [2.75, 3.05) is 14.2 Å². The van der Waals surface area contributed by atoms with Gasteiger partial charge in [0.1, 0.15) is 5.56 Å². The van der Waals surface area contributed by atoms with Gasteiger partial charge in [0.2, 0.25) is 0 Å². The fourth-order valence-corrected chi connectivity index (χ4v) is 1.00. The zero-order valence-corrected chi connectivity index (χ0v) is 8.33. The fraction of sp³-hybridized carbons (Fsp3) is 0.333. The Hall–Kier alpha value is -1.62. The summed E-state index contributed by atoms with van der Waals surface area (Å²) in [6, 6.07) is 1.52. The molecule has 1 aromatic rings. The van der Waals surface area contributed by atoms with Gasteiger partial charge < -0.3 is 4.98 Å². The average molecular weight is 196 g/mol. The summed E-state index contributed by atoms with van der Waals surface area (Å²) in [6.07, 6.45) is 1.55. The van der Waals surface area contributed by atoms with Crippen LogP contribution in [-0.2, 0) is 4.84 Å². The monoisotopic (exact) mass is 196 g/mol. The van der Waals surface area contributed by atoms with Crippen LogP contribution in [0, 0.1) is 6.92 Å². The number of carbonyl (C=O) groups excluding carboxylic acids is 1. The first-order chi connectivity index (χ1) is 6.56. The Morgan fingerprint density at radius 3 is 2.79 bits per heavy atom. The molecule has 0 saturated heterocycles. The van der Waals surface area contributed by atoms with Gasteiger partial charge in [-0.1, -0.05) is 0 Å². The van der Waals surface area contributed by atoms with Crippen LogP contribution in [0.15, 0.2) is 17.1 Å². The van der Waals surface area contributed by atoms with E-state index in [1.807, 2.05) is 0 Å². The molecule has 0 radical (unpaired) electrons. The van der Waals surface area contributed by atoms with E-state index in [1.54, 1.807) is 13.1 Å². The largest absolute Gasteiger partial charge is 0.328 e. The summed E-state index contributed by atoms with van der Waals surface area (Å²) >= 11 is 0. The van der Waals surface area contributed by atoms with Gasteiger partial charge in [-0.05, 0) is 18.6 Å². The summed E-state index contributed by atoms with van der Waals surface area (Å²) in [5, 5.41) is 1.00. The van der Waals surface area contributed by atoms with Crippen molar-refractivity contribution in [1.82, 2.24) is 10.0 Å². The van der Waals surface area contributed by atoms with Gasteiger partial charge in [-0.2, -0.15) is 0 Å². The van der Waals surface area contributed by atoms with Crippen LogP contribution in [0.1, 0.15) is 15.9 Å². The first-order valence-corrected chi connectivity index (χ1v) is 4.07. The molecule has 76 valence electrons. The Bertz CT molecular complexity index is 397. The first-order valence-electron chi connectivity index (χ1n) is 4.07. The lowest BCUT2D eigenvalue weighted by Crippen LogP contribution is -2.30. The number of hydroxylamine groups is 2. The molecule has 1 N–H and O–H groups in total. The Morgan fingerprint density at radius 2 is 2.21 bits per heavy atom. The molecule has 1 amide bonds. The lowest BCUT2D eigenvalue weighted by molar-refractivity contribution is -0.0758. The third-order valence-electron chi connectivity index (χ3n) is 1.84. The zero-order valence-electron chi connectivity index (χ0n) is 8.33. The number of hydrogen-bond donors (Lipinski definition) is 1. The number of rotatable bonds is 2. The fourth-order valence-electron chi connectivity index (χ4n) is 1.00. The van der Waals surface area contributed by atoms with E-state index in [1.165, 1.54) is 20.2 Å². The second-order valence-corrected chi connectivity index (χ2v) is 2.91. The number of aryl methyl sites for hydroxylation is 1. The van der Waals surface area contributed by atoms with E-state index in [-0.39, 0.29) is 5.56 Å². The molecule has 5 heteroatoms. The van der Waals surface area contributed by atoms with Crippen LogP contribution in [-0.4, -0.2) is 30.1 Å². The molecule has 0 bridgehead atoms. The van der Waals surface area contributed by atoms with Gasteiger partial charge in [0.15, 0.2) is 0 Å². The van der Waals surface area contributed by atoms with E-state index in [2.05, 4.69) is 4.98 Å². The summed E-state index contributed by atoms with van der Waals surface area (Å²) in [5.41, 5.74) is 0.483. The summed E-state index contributed by atoms with van der Waals surface area (Å²) < 4.78 is 0. The Kier molecular flexibility index (Phi) is 3.03. The van der Waals surface area contributed by atoms with Crippen molar-refractivity contribution in [2.45, 2.75) is 6.92 Å². The van der Waals surface area contributed by atoms with Gasteiger partial charge >= 0.3 is 0 Å². The van der Waals surface area contributed by atoms with Crippen molar-refractivity contribution in [3.05, 3.63) is 33.7 Å². The van der Waals surface area contributed by atoms with E-state index in [0.29, 0.717) is 0 Å². The zero-order chi connectivity index (χ0) is 10.7. The van der Waals surface area contributed by atoms with Crippen LogP contribution in [0.4, 0.5) is 0 Å². The molecule has 5 nitrogen and oxygen atoms in total. The molecule has 0 unspecified atom stereocenters. The minimum atomic E-state index is -0.461. The van der Waals surface area contributed by atoms with Crippen molar-refractivity contribution in [3.8, 4) is 0 Å². The molecular formula is C9H12N2O3. The summed E-state index contributed by atoms with van der Waals surface area (Å²) in [7, 11) is 2.81. The van der Waals surface area contributed by atoms with Crippen molar-refractivity contribution in [2.24, 2.45) is 0 Å². The molecule has 1 heterocycles. The molecule has 0 aliphatic heterocycles. The third-order valence-corrected chi connectivity index (χ3v) is 1.84. The number of aromatic nitrogens is 1. The lowest BCUT2D eigenvalue weighted by atomic mass is 10.2. The molecule has 0 saturated carbocycles. The van der Waals surface area contributed by atoms with Crippen LogP contribution in [0.25, 0.3) is 0 Å². The molecule has 1 rings (SSSR count). The van der Waals surface area contributed by atoms with Crippen LogP contribution >= 0.6 is 0 Å². The van der Waals surface area contributed by atoms with Crippen LogP contribution in [0.2, 0.25) is 0 Å². The number of pyridine rings is 1. The van der Waals surface area contributed by atoms with Crippen LogP contribution in [0.3, 0.4) is 0 Å². The number of amides is 1. The molecule has 0 aliphatic rings. The Labute approximate surface area is 81.3 Å². The lowest BCUT2D eigenvalue weighted by Gasteiger charge is -2.12. The molecule has 14 heavy (non-hydrogen) atoms. The highest BCUT2D eigenvalue weighted by Gasteiger charge is 2.14. The second kappa shape index (κ2) is 4.06. The third kappa shape index (κ3) is 2.00.